The Bertz CT molecular complexity index is 392. The van der Waals surface area contributed by atoms with Gasteiger partial charge < -0.3 is 5.11 Å². The molecule has 0 amide bonds. The second-order valence-electron chi connectivity index (χ2n) is 5.44. The zero-order chi connectivity index (χ0) is 15.3. The molecule has 1 N–H and O–H groups in total. The minimum atomic E-state index is -4.17. The van der Waals surface area contributed by atoms with Crippen molar-refractivity contribution in [2.45, 2.75) is 38.6 Å². The number of likely N-dealkylation sites (N-methyl/N-ethyl adjacent to an activating group) is 1. The van der Waals surface area contributed by atoms with Crippen molar-refractivity contribution in [3.05, 3.63) is 35.9 Å². The molecule has 0 aliphatic heterocycles. The lowest BCUT2D eigenvalue weighted by molar-refractivity contribution is -0.140. The number of hydrogen-bond acceptors (Lipinski definition) is 2. The molecule has 20 heavy (non-hydrogen) atoms. The van der Waals surface area contributed by atoms with Crippen LogP contribution in [0, 0.1) is 5.92 Å². The maximum atomic E-state index is 12.3. The maximum Gasteiger partial charge on any atom is 0.390 e. The summed E-state index contributed by atoms with van der Waals surface area (Å²) in [6.07, 6.45) is -5.84. The molecule has 1 aromatic carbocycles. The highest BCUT2D eigenvalue weighted by atomic mass is 19.4. The van der Waals surface area contributed by atoms with E-state index < -0.39 is 18.7 Å². The number of aliphatic hydroxyl groups excluding tert-OH is 1. The molecule has 0 aliphatic carbocycles. The largest absolute Gasteiger partial charge is 0.390 e. The first-order chi connectivity index (χ1) is 9.22. The Labute approximate surface area is 118 Å². The van der Waals surface area contributed by atoms with Gasteiger partial charge >= 0.3 is 6.18 Å². The van der Waals surface area contributed by atoms with Crippen LogP contribution in [0.1, 0.15) is 31.9 Å². The van der Waals surface area contributed by atoms with Crippen molar-refractivity contribution in [2.24, 2.45) is 5.92 Å². The van der Waals surface area contributed by atoms with Crippen LogP contribution in [0.5, 0.6) is 0 Å². The zero-order valence-corrected chi connectivity index (χ0v) is 12.1. The van der Waals surface area contributed by atoms with Gasteiger partial charge in [0.05, 0.1) is 12.5 Å². The van der Waals surface area contributed by atoms with Crippen LogP contribution in [-0.2, 0) is 0 Å². The zero-order valence-electron chi connectivity index (χ0n) is 12.1. The Balaban J connectivity index is 2.78. The molecular formula is C15H22F3NO. The molecule has 0 spiro atoms. The van der Waals surface area contributed by atoms with Gasteiger partial charge in [0.2, 0.25) is 0 Å². The Hall–Kier alpha value is -1.07. The number of aliphatic hydroxyl groups is 1. The monoisotopic (exact) mass is 289 g/mol. The molecule has 0 aliphatic rings. The van der Waals surface area contributed by atoms with E-state index in [1.807, 2.05) is 32.0 Å². The van der Waals surface area contributed by atoms with Crippen LogP contribution in [0.2, 0.25) is 0 Å². The van der Waals surface area contributed by atoms with Crippen LogP contribution >= 0.6 is 0 Å². The lowest BCUT2D eigenvalue weighted by Crippen LogP contribution is -2.42. The summed E-state index contributed by atoms with van der Waals surface area (Å²) in [4.78, 5) is 1.59. The molecule has 1 aromatic rings. The summed E-state index contributed by atoms with van der Waals surface area (Å²) in [5, 5.41) is 10.4. The molecular weight excluding hydrogens is 267 g/mol. The Kier molecular flexibility index (Phi) is 6.02. The quantitative estimate of drug-likeness (QED) is 0.864. The predicted molar refractivity (Wildman–Crippen MR) is 73.3 cm³/mol. The van der Waals surface area contributed by atoms with E-state index >= 15 is 0 Å². The van der Waals surface area contributed by atoms with Crippen molar-refractivity contribution in [3.63, 3.8) is 0 Å². The molecule has 0 saturated carbocycles. The van der Waals surface area contributed by atoms with Gasteiger partial charge in [0.1, 0.15) is 0 Å². The van der Waals surface area contributed by atoms with E-state index in [0.717, 1.165) is 5.56 Å². The van der Waals surface area contributed by atoms with Gasteiger partial charge in [-0.25, -0.2) is 0 Å². The number of halogens is 3. The fourth-order valence-corrected chi connectivity index (χ4v) is 2.41. The van der Waals surface area contributed by atoms with E-state index in [9.17, 15) is 18.3 Å². The maximum absolute atomic E-state index is 12.3. The first-order valence-corrected chi connectivity index (χ1v) is 6.72. The van der Waals surface area contributed by atoms with E-state index in [-0.39, 0.29) is 18.5 Å². The standard InChI is InChI=1S/C15H22F3NO/c1-11(2)13(19(3)10-9-15(16,17)18)14(20)12-7-5-4-6-8-12/h4-8,11,13-14,20H,9-10H2,1-3H3. The Morgan fingerprint density at radius 2 is 1.70 bits per heavy atom. The third-order valence-electron chi connectivity index (χ3n) is 3.40. The second-order valence-corrected chi connectivity index (χ2v) is 5.44. The molecule has 2 atom stereocenters. The van der Waals surface area contributed by atoms with Crippen molar-refractivity contribution in [1.82, 2.24) is 4.90 Å². The van der Waals surface area contributed by atoms with Gasteiger partial charge in [0, 0.05) is 12.6 Å². The summed E-state index contributed by atoms with van der Waals surface area (Å²) < 4.78 is 36.9. The lowest BCUT2D eigenvalue weighted by atomic mass is 9.92. The summed E-state index contributed by atoms with van der Waals surface area (Å²) in [5.74, 6) is 0.0449. The topological polar surface area (TPSA) is 23.5 Å². The molecule has 2 nitrogen and oxygen atoms in total. The van der Waals surface area contributed by atoms with Crippen molar-refractivity contribution in [2.75, 3.05) is 13.6 Å². The number of hydrogen-bond donors (Lipinski definition) is 1. The van der Waals surface area contributed by atoms with Gasteiger partial charge in [0.25, 0.3) is 0 Å². The molecule has 1 rings (SSSR count). The van der Waals surface area contributed by atoms with Gasteiger partial charge in [-0.1, -0.05) is 44.2 Å². The molecule has 5 heteroatoms. The highest BCUT2D eigenvalue weighted by molar-refractivity contribution is 5.19. The lowest BCUT2D eigenvalue weighted by Gasteiger charge is -2.35. The van der Waals surface area contributed by atoms with Crippen LogP contribution in [0.15, 0.2) is 30.3 Å². The summed E-state index contributed by atoms with van der Waals surface area (Å²) in [7, 11) is 1.63. The summed E-state index contributed by atoms with van der Waals surface area (Å²) in [6, 6.07) is 8.69. The number of alkyl halides is 3. The minimum absolute atomic E-state index is 0.0449. The molecule has 0 fully saturated rings. The summed E-state index contributed by atoms with van der Waals surface area (Å²) in [6.45, 7) is 3.69. The van der Waals surface area contributed by atoms with Crippen LogP contribution in [0.25, 0.3) is 0 Å². The van der Waals surface area contributed by atoms with E-state index in [1.165, 1.54) is 0 Å². The highest BCUT2D eigenvalue weighted by Gasteiger charge is 2.32. The average molecular weight is 289 g/mol. The number of benzene rings is 1. The first-order valence-electron chi connectivity index (χ1n) is 6.72. The van der Waals surface area contributed by atoms with Gasteiger partial charge in [-0.05, 0) is 18.5 Å². The van der Waals surface area contributed by atoms with Crippen molar-refractivity contribution in [3.8, 4) is 0 Å². The van der Waals surface area contributed by atoms with Gasteiger partial charge in [0.15, 0.2) is 0 Å². The molecule has 0 heterocycles. The van der Waals surface area contributed by atoms with Gasteiger partial charge in [-0.3, -0.25) is 4.90 Å². The fraction of sp³-hybridized carbons (Fsp3) is 0.600. The number of rotatable bonds is 6. The number of nitrogens with zero attached hydrogens (tertiary/aromatic N) is 1. The van der Waals surface area contributed by atoms with Crippen LogP contribution < -0.4 is 0 Å². The van der Waals surface area contributed by atoms with Crippen LogP contribution in [0.4, 0.5) is 13.2 Å². The van der Waals surface area contributed by atoms with Crippen LogP contribution in [-0.4, -0.2) is 35.8 Å². The Morgan fingerprint density at radius 3 is 2.15 bits per heavy atom. The van der Waals surface area contributed by atoms with Crippen molar-refractivity contribution in [1.29, 1.82) is 0 Å². The molecule has 0 aromatic heterocycles. The third kappa shape index (κ3) is 5.13. The molecule has 0 bridgehead atoms. The highest BCUT2D eigenvalue weighted by Crippen LogP contribution is 2.27. The molecule has 0 radical (unpaired) electrons. The average Bonchev–Trinajstić information content (AvgIpc) is 2.36. The molecule has 0 saturated heterocycles. The normalized spacial score (nSPS) is 15.7. The molecule has 114 valence electrons. The van der Waals surface area contributed by atoms with Crippen molar-refractivity contribution < 1.29 is 18.3 Å². The van der Waals surface area contributed by atoms with Crippen molar-refractivity contribution >= 4 is 0 Å². The third-order valence-corrected chi connectivity index (χ3v) is 3.40. The smallest absolute Gasteiger partial charge is 0.387 e. The minimum Gasteiger partial charge on any atom is -0.387 e. The van der Waals surface area contributed by atoms with E-state index in [4.69, 9.17) is 0 Å². The van der Waals surface area contributed by atoms with Crippen LogP contribution in [0.3, 0.4) is 0 Å². The summed E-state index contributed by atoms with van der Waals surface area (Å²) >= 11 is 0. The fourth-order valence-electron chi connectivity index (χ4n) is 2.41. The van der Waals surface area contributed by atoms with Gasteiger partial charge in [-0.15, -0.1) is 0 Å². The molecule has 2 unspecified atom stereocenters. The second kappa shape index (κ2) is 7.09. The first kappa shape index (κ1) is 17.0. The van der Waals surface area contributed by atoms with Gasteiger partial charge in [-0.2, -0.15) is 13.2 Å². The van der Waals surface area contributed by atoms with E-state index in [0.29, 0.717) is 0 Å². The van der Waals surface area contributed by atoms with E-state index in [2.05, 4.69) is 0 Å². The SMILES string of the molecule is CC(C)C(C(O)c1ccccc1)N(C)CCC(F)(F)F. The summed E-state index contributed by atoms with van der Waals surface area (Å²) in [5.41, 5.74) is 0.727. The Morgan fingerprint density at radius 1 is 1.15 bits per heavy atom. The van der Waals surface area contributed by atoms with E-state index in [1.54, 1.807) is 24.1 Å². The predicted octanol–water partition coefficient (Wildman–Crippen LogP) is 3.63.